The lowest BCUT2D eigenvalue weighted by Gasteiger charge is -2.18. The van der Waals surface area contributed by atoms with Crippen LogP contribution in [-0.2, 0) is 0 Å². The summed E-state index contributed by atoms with van der Waals surface area (Å²) in [5.74, 6) is 3.33. The first kappa shape index (κ1) is 12.3. The van der Waals surface area contributed by atoms with E-state index >= 15 is 0 Å². The lowest BCUT2D eigenvalue weighted by atomic mass is 9.86. The van der Waals surface area contributed by atoms with Crippen LogP contribution in [-0.4, -0.2) is 5.25 Å². The van der Waals surface area contributed by atoms with Gasteiger partial charge in [0.05, 0.1) is 0 Å². The molecule has 0 saturated heterocycles. The minimum atomic E-state index is 0.801. The Morgan fingerprint density at radius 1 is 0.889 bits per heavy atom. The fraction of sp³-hybridized carbons (Fsp3) is 0.529. The van der Waals surface area contributed by atoms with E-state index in [0.29, 0.717) is 0 Å². The molecule has 1 saturated carbocycles. The smallest absolute Gasteiger partial charge is 0.0191 e. The van der Waals surface area contributed by atoms with Gasteiger partial charge in [-0.3, -0.25) is 0 Å². The number of fused-ring (bicyclic) bond motifs is 1. The van der Waals surface area contributed by atoms with Crippen molar-refractivity contribution in [2.75, 3.05) is 0 Å². The third-order valence-electron chi connectivity index (χ3n) is 5.25. The van der Waals surface area contributed by atoms with Crippen LogP contribution in [0.5, 0.6) is 0 Å². The predicted molar refractivity (Wildman–Crippen MR) is 81.4 cm³/mol. The van der Waals surface area contributed by atoms with E-state index < -0.39 is 0 Å². The van der Waals surface area contributed by atoms with Gasteiger partial charge in [-0.1, -0.05) is 56.7 Å². The average Bonchev–Trinajstić information content (AvgIpc) is 2.84. The molecule has 5 atom stereocenters. The summed E-state index contributed by atoms with van der Waals surface area (Å²) in [6, 6.07) is 10.9. The van der Waals surface area contributed by atoms with Crippen molar-refractivity contribution in [2.24, 2.45) is 23.7 Å². The van der Waals surface area contributed by atoms with Crippen LogP contribution in [0.25, 0.3) is 4.91 Å². The number of benzene rings is 1. The zero-order valence-electron chi connectivity index (χ0n) is 11.7. The summed E-state index contributed by atoms with van der Waals surface area (Å²) < 4.78 is 0. The zero-order valence-corrected chi connectivity index (χ0v) is 12.5. The Labute approximate surface area is 115 Å². The van der Waals surface area contributed by atoms with Gasteiger partial charge in [-0.15, -0.1) is 11.8 Å². The van der Waals surface area contributed by atoms with Crippen LogP contribution in [0, 0.1) is 23.7 Å². The summed E-state index contributed by atoms with van der Waals surface area (Å²) in [6.45, 7) is 9.69. The summed E-state index contributed by atoms with van der Waals surface area (Å²) in [5, 5.41) is 0.810. The second kappa shape index (κ2) is 4.45. The van der Waals surface area contributed by atoms with Crippen molar-refractivity contribution < 1.29 is 0 Å². The molecule has 1 aliphatic heterocycles. The van der Waals surface area contributed by atoms with Gasteiger partial charge in [0.1, 0.15) is 0 Å². The molecular formula is C17H22S. The van der Waals surface area contributed by atoms with Gasteiger partial charge < -0.3 is 0 Å². The molecule has 0 radical (unpaired) electrons. The molecule has 0 spiro atoms. The van der Waals surface area contributed by atoms with Gasteiger partial charge >= 0.3 is 0 Å². The highest BCUT2D eigenvalue weighted by Crippen LogP contribution is 2.59. The second-order valence-electron chi connectivity index (χ2n) is 6.06. The molecule has 96 valence electrons. The van der Waals surface area contributed by atoms with Crippen LogP contribution in [0.1, 0.15) is 33.3 Å². The number of hydrogen-bond donors (Lipinski definition) is 0. The van der Waals surface area contributed by atoms with Gasteiger partial charge in [0.2, 0.25) is 0 Å². The highest BCUT2D eigenvalue weighted by atomic mass is 32.2. The molecule has 18 heavy (non-hydrogen) atoms. The van der Waals surface area contributed by atoms with Crippen molar-refractivity contribution in [1.29, 1.82) is 0 Å². The highest BCUT2D eigenvalue weighted by Gasteiger charge is 2.49. The quantitative estimate of drug-likeness (QED) is 0.677. The van der Waals surface area contributed by atoms with E-state index in [1.54, 1.807) is 10.5 Å². The lowest BCUT2D eigenvalue weighted by molar-refractivity contribution is 0.359. The zero-order chi connectivity index (χ0) is 12.9. The molecule has 0 amide bonds. The molecular weight excluding hydrogens is 236 g/mol. The molecule has 1 heteroatoms. The highest BCUT2D eigenvalue weighted by molar-refractivity contribution is 8.09. The molecule has 3 rings (SSSR count). The normalized spacial score (nSPS) is 39.2. The monoisotopic (exact) mass is 258 g/mol. The Balaban J connectivity index is 1.99. The fourth-order valence-corrected chi connectivity index (χ4v) is 5.75. The summed E-state index contributed by atoms with van der Waals surface area (Å²) in [7, 11) is 0. The molecule has 0 nitrogen and oxygen atoms in total. The van der Waals surface area contributed by atoms with Crippen molar-refractivity contribution in [2.45, 2.75) is 32.9 Å². The van der Waals surface area contributed by atoms with E-state index in [0.717, 1.165) is 28.9 Å². The Hall–Kier alpha value is -0.690. The van der Waals surface area contributed by atoms with Crippen LogP contribution in [0.4, 0.5) is 0 Å². The van der Waals surface area contributed by atoms with E-state index in [-0.39, 0.29) is 0 Å². The van der Waals surface area contributed by atoms with E-state index in [9.17, 15) is 0 Å². The maximum atomic E-state index is 2.45. The van der Waals surface area contributed by atoms with Gasteiger partial charge in [0.25, 0.3) is 0 Å². The van der Waals surface area contributed by atoms with Gasteiger partial charge in [-0.05, 0) is 36.2 Å². The Kier molecular flexibility index (Phi) is 3.05. The van der Waals surface area contributed by atoms with Gasteiger partial charge in [-0.25, -0.2) is 0 Å². The topological polar surface area (TPSA) is 0 Å². The lowest BCUT2D eigenvalue weighted by Crippen LogP contribution is -2.14. The Bertz CT molecular complexity index is 474. The van der Waals surface area contributed by atoms with Crippen molar-refractivity contribution in [3.8, 4) is 0 Å². The number of hydrogen-bond acceptors (Lipinski definition) is 1. The van der Waals surface area contributed by atoms with Crippen LogP contribution in [0.3, 0.4) is 0 Å². The molecule has 0 N–H and O–H groups in total. The van der Waals surface area contributed by atoms with Crippen LogP contribution in [0.15, 0.2) is 35.9 Å². The SMILES string of the molecule is CC1=C(c2ccccc2)SC2C(C)C(C)C(C)C12. The summed E-state index contributed by atoms with van der Waals surface area (Å²) in [4.78, 5) is 1.55. The Morgan fingerprint density at radius 2 is 1.56 bits per heavy atom. The first-order chi connectivity index (χ1) is 8.61. The molecule has 0 aromatic heterocycles. The van der Waals surface area contributed by atoms with Gasteiger partial charge in [0, 0.05) is 10.2 Å². The molecule has 5 unspecified atom stereocenters. The minimum Gasteiger partial charge on any atom is -0.121 e. The molecule has 1 fully saturated rings. The maximum Gasteiger partial charge on any atom is 0.0191 e. The standard InChI is InChI=1S/C17H22S/c1-10-11(2)15-13(4)16(18-17(15)12(10)3)14-8-6-5-7-9-14/h5-12,15,17H,1-4H3. The summed E-state index contributed by atoms with van der Waals surface area (Å²) >= 11 is 2.14. The molecule has 1 aliphatic carbocycles. The predicted octanol–water partition coefficient (Wildman–Crippen LogP) is 5.07. The van der Waals surface area contributed by atoms with Gasteiger partial charge in [-0.2, -0.15) is 0 Å². The molecule has 1 aromatic rings. The third kappa shape index (κ3) is 1.67. The average molecular weight is 258 g/mol. The van der Waals surface area contributed by atoms with E-state index in [1.807, 2.05) is 0 Å². The minimum absolute atomic E-state index is 0.801. The van der Waals surface area contributed by atoms with Crippen LogP contribution >= 0.6 is 11.8 Å². The molecule has 1 aromatic carbocycles. The van der Waals surface area contributed by atoms with E-state index in [4.69, 9.17) is 0 Å². The first-order valence-electron chi connectivity index (χ1n) is 7.04. The van der Waals surface area contributed by atoms with Crippen LogP contribution in [0.2, 0.25) is 0 Å². The van der Waals surface area contributed by atoms with E-state index in [2.05, 4.69) is 69.8 Å². The summed E-state index contributed by atoms with van der Waals surface area (Å²) in [5.41, 5.74) is 3.06. The van der Waals surface area contributed by atoms with Crippen molar-refractivity contribution in [3.05, 3.63) is 41.5 Å². The Morgan fingerprint density at radius 3 is 2.17 bits per heavy atom. The third-order valence-corrected chi connectivity index (χ3v) is 7.03. The maximum absolute atomic E-state index is 2.45. The number of allylic oxidation sites excluding steroid dienone is 1. The molecule has 0 bridgehead atoms. The number of thioether (sulfide) groups is 1. The summed E-state index contributed by atoms with van der Waals surface area (Å²) in [6.07, 6.45) is 0. The fourth-order valence-electron chi connectivity index (χ4n) is 3.82. The van der Waals surface area contributed by atoms with Crippen molar-refractivity contribution in [3.63, 3.8) is 0 Å². The second-order valence-corrected chi connectivity index (χ2v) is 7.25. The van der Waals surface area contributed by atoms with E-state index in [1.165, 1.54) is 5.56 Å². The molecule has 2 aliphatic rings. The number of rotatable bonds is 1. The van der Waals surface area contributed by atoms with Gasteiger partial charge in [0.15, 0.2) is 0 Å². The van der Waals surface area contributed by atoms with Crippen molar-refractivity contribution in [1.82, 2.24) is 0 Å². The van der Waals surface area contributed by atoms with Crippen LogP contribution < -0.4 is 0 Å². The first-order valence-corrected chi connectivity index (χ1v) is 7.92. The van der Waals surface area contributed by atoms with Crippen molar-refractivity contribution >= 4 is 16.7 Å². The largest absolute Gasteiger partial charge is 0.121 e. The molecule has 1 heterocycles.